The van der Waals surface area contributed by atoms with Crippen LogP contribution in [0.5, 0.6) is 0 Å². The molecule has 0 saturated heterocycles. The minimum atomic E-state index is -0.769. The fourth-order valence-electron chi connectivity index (χ4n) is 1.18. The maximum Gasteiger partial charge on any atom is 0.298 e. The number of methoxy groups -OCH3 is 1. The number of rotatable bonds is 1. The van der Waals surface area contributed by atoms with Crippen LogP contribution in [0.3, 0.4) is 0 Å². The quantitative estimate of drug-likeness (QED) is 0.575. The van der Waals surface area contributed by atoms with E-state index in [4.69, 9.17) is 4.74 Å². The molecule has 13 heavy (non-hydrogen) atoms. The van der Waals surface area contributed by atoms with Crippen LogP contribution in [-0.2, 0) is 9.53 Å². The van der Waals surface area contributed by atoms with E-state index in [-0.39, 0.29) is 5.91 Å². The maximum atomic E-state index is 11.2. The van der Waals surface area contributed by atoms with Gasteiger partial charge in [0.2, 0.25) is 6.23 Å². The molecule has 1 aliphatic heterocycles. The number of carbonyl (C=O) groups is 1. The topological polar surface area (TPSA) is 51.0 Å². The van der Waals surface area contributed by atoms with Gasteiger partial charge in [0, 0.05) is 7.11 Å². The highest BCUT2D eigenvalue weighted by molar-refractivity contribution is 5.81. The summed E-state index contributed by atoms with van der Waals surface area (Å²) in [5.74, 6) is -0.346. The van der Waals surface area contributed by atoms with E-state index in [0.717, 1.165) is 0 Å². The number of fused-ring (bicyclic) bond motifs is 1. The van der Waals surface area contributed by atoms with Crippen molar-refractivity contribution >= 4 is 5.91 Å². The van der Waals surface area contributed by atoms with E-state index in [1.807, 2.05) is 12.1 Å². The van der Waals surface area contributed by atoms with E-state index in [0.29, 0.717) is 10.7 Å². The van der Waals surface area contributed by atoms with E-state index < -0.39 is 6.23 Å². The van der Waals surface area contributed by atoms with Crippen LogP contribution in [0.1, 0.15) is 0 Å². The van der Waals surface area contributed by atoms with Crippen molar-refractivity contribution in [3.63, 3.8) is 0 Å². The van der Waals surface area contributed by atoms with E-state index in [1.54, 1.807) is 12.1 Å². The average molecular weight is 176 g/mol. The number of nitrogens with zero attached hydrogens (tertiary/aromatic N) is 2. The molecule has 1 atom stereocenters. The van der Waals surface area contributed by atoms with Crippen LogP contribution in [0.15, 0.2) is 34.3 Å². The minimum Gasteiger partial charge on any atom is -0.351 e. The van der Waals surface area contributed by atoms with Gasteiger partial charge in [0.15, 0.2) is 0 Å². The third kappa shape index (κ3) is 1.36. The molecule has 0 spiro atoms. The Labute approximate surface area is 74.6 Å². The number of hydrogen-bond acceptors (Lipinski definition) is 3. The first kappa shape index (κ1) is 8.07. The van der Waals surface area contributed by atoms with Gasteiger partial charge in [-0.3, -0.25) is 4.79 Å². The zero-order valence-electron chi connectivity index (χ0n) is 7.10. The zero-order chi connectivity index (χ0) is 9.26. The van der Waals surface area contributed by atoms with Crippen molar-refractivity contribution < 1.29 is 9.53 Å². The highest BCUT2D eigenvalue weighted by Crippen LogP contribution is 1.95. The largest absolute Gasteiger partial charge is 0.351 e. The Morgan fingerprint density at radius 2 is 2.00 bits per heavy atom. The Kier molecular flexibility index (Phi) is 1.90. The van der Waals surface area contributed by atoms with Crippen molar-refractivity contribution in [1.82, 2.24) is 0 Å². The van der Waals surface area contributed by atoms with E-state index in [1.165, 1.54) is 7.11 Å². The van der Waals surface area contributed by atoms with Crippen LogP contribution in [0, 0.1) is 0 Å². The van der Waals surface area contributed by atoms with E-state index in [2.05, 4.69) is 9.98 Å². The standard InChI is InChI=1S/C9H8N2O2/c1-13-9-8(12)10-6-4-2-3-5-7(6)11-9/h2-5,9H,1H3. The van der Waals surface area contributed by atoms with Gasteiger partial charge < -0.3 is 4.74 Å². The Morgan fingerprint density at radius 3 is 2.69 bits per heavy atom. The highest BCUT2D eigenvalue weighted by Gasteiger charge is 2.17. The fourth-order valence-corrected chi connectivity index (χ4v) is 1.18. The number of amides is 1. The van der Waals surface area contributed by atoms with Crippen molar-refractivity contribution in [2.75, 3.05) is 7.11 Å². The summed E-state index contributed by atoms with van der Waals surface area (Å²) in [6.07, 6.45) is -0.769. The molecule has 0 bridgehead atoms. The second-order valence-corrected chi connectivity index (χ2v) is 2.66. The second kappa shape index (κ2) is 3.06. The SMILES string of the molecule is COC1N=c2ccccc2=NC1=O. The van der Waals surface area contributed by atoms with Gasteiger partial charge in [0.1, 0.15) is 0 Å². The van der Waals surface area contributed by atoms with Gasteiger partial charge in [0.25, 0.3) is 5.91 Å². The number of ether oxygens (including phenoxy) is 1. The van der Waals surface area contributed by atoms with Crippen molar-refractivity contribution in [3.8, 4) is 0 Å². The van der Waals surface area contributed by atoms with Crippen molar-refractivity contribution in [2.24, 2.45) is 9.98 Å². The van der Waals surface area contributed by atoms with Crippen molar-refractivity contribution in [3.05, 3.63) is 35.0 Å². The first-order chi connectivity index (χ1) is 6.31. The molecule has 0 radical (unpaired) electrons. The lowest BCUT2D eigenvalue weighted by Crippen LogP contribution is -2.37. The highest BCUT2D eigenvalue weighted by atomic mass is 16.5. The van der Waals surface area contributed by atoms with Gasteiger partial charge in [-0.15, -0.1) is 0 Å². The third-order valence-corrected chi connectivity index (χ3v) is 1.80. The summed E-state index contributed by atoms with van der Waals surface area (Å²) >= 11 is 0. The summed E-state index contributed by atoms with van der Waals surface area (Å²) < 4.78 is 4.85. The van der Waals surface area contributed by atoms with Gasteiger partial charge in [-0.25, -0.2) is 9.98 Å². The normalized spacial score (nSPS) is 20.1. The van der Waals surface area contributed by atoms with E-state index >= 15 is 0 Å². The zero-order valence-corrected chi connectivity index (χ0v) is 7.10. The summed E-state index contributed by atoms with van der Waals surface area (Å²) in [4.78, 5) is 19.1. The number of carbonyl (C=O) groups excluding carboxylic acids is 1. The van der Waals surface area contributed by atoms with Crippen molar-refractivity contribution in [1.29, 1.82) is 0 Å². The molecular weight excluding hydrogens is 168 g/mol. The van der Waals surface area contributed by atoms with E-state index in [9.17, 15) is 4.79 Å². The Bertz CT molecular complexity index is 453. The summed E-state index contributed by atoms with van der Waals surface area (Å²) in [6, 6.07) is 7.22. The van der Waals surface area contributed by atoms with Gasteiger partial charge in [0.05, 0.1) is 10.7 Å². The lowest BCUT2D eigenvalue weighted by atomic mass is 10.3. The van der Waals surface area contributed by atoms with Crippen LogP contribution >= 0.6 is 0 Å². The van der Waals surface area contributed by atoms with Crippen LogP contribution in [0.4, 0.5) is 0 Å². The fraction of sp³-hybridized carbons (Fsp3) is 0.222. The third-order valence-electron chi connectivity index (χ3n) is 1.80. The molecule has 0 aromatic heterocycles. The summed E-state index contributed by atoms with van der Waals surface area (Å²) in [7, 11) is 1.44. The van der Waals surface area contributed by atoms with Crippen LogP contribution < -0.4 is 10.7 Å². The first-order valence-corrected chi connectivity index (χ1v) is 3.89. The van der Waals surface area contributed by atoms with Crippen molar-refractivity contribution in [2.45, 2.75) is 6.23 Å². The summed E-state index contributed by atoms with van der Waals surface area (Å²) in [5, 5.41) is 1.31. The molecular formula is C9H8N2O2. The second-order valence-electron chi connectivity index (χ2n) is 2.66. The molecule has 66 valence electrons. The van der Waals surface area contributed by atoms with Crippen LogP contribution in [0.2, 0.25) is 0 Å². The predicted octanol–water partition coefficient (Wildman–Crippen LogP) is -0.562. The lowest BCUT2D eigenvalue weighted by Gasteiger charge is -2.08. The molecule has 0 saturated carbocycles. The van der Waals surface area contributed by atoms with Gasteiger partial charge in [-0.2, -0.15) is 0 Å². The molecule has 1 aromatic rings. The molecule has 1 aromatic carbocycles. The Hall–Kier alpha value is -1.55. The molecule has 0 aliphatic carbocycles. The molecule has 0 N–H and O–H groups in total. The smallest absolute Gasteiger partial charge is 0.298 e. The molecule has 4 heteroatoms. The van der Waals surface area contributed by atoms with Gasteiger partial charge in [-0.1, -0.05) is 12.1 Å². The van der Waals surface area contributed by atoms with Gasteiger partial charge >= 0.3 is 0 Å². The number of hydrogen-bond donors (Lipinski definition) is 0. The summed E-state index contributed by atoms with van der Waals surface area (Å²) in [5.41, 5.74) is 0. The maximum absolute atomic E-state index is 11.2. The molecule has 1 unspecified atom stereocenters. The average Bonchev–Trinajstić information content (AvgIpc) is 2.17. The molecule has 4 nitrogen and oxygen atoms in total. The predicted molar refractivity (Wildman–Crippen MR) is 44.6 cm³/mol. The molecule has 1 aliphatic rings. The van der Waals surface area contributed by atoms with Gasteiger partial charge in [-0.05, 0) is 12.1 Å². The first-order valence-electron chi connectivity index (χ1n) is 3.89. The lowest BCUT2D eigenvalue weighted by molar-refractivity contribution is -0.127. The minimum absolute atomic E-state index is 0.346. The number of para-hydroxylation sites is 2. The summed E-state index contributed by atoms with van der Waals surface area (Å²) in [6.45, 7) is 0. The Balaban J connectivity index is 2.66. The monoisotopic (exact) mass is 176 g/mol. The molecule has 0 fully saturated rings. The number of benzene rings is 1. The molecule has 2 rings (SSSR count). The molecule has 1 heterocycles. The van der Waals surface area contributed by atoms with Crippen LogP contribution in [0.25, 0.3) is 0 Å². The Morgan fingerprint density at radius 1 is 1.31 bits per heavy atom. The molecule has 1 amide bonds. The van der Waals surface area contributed by atoms with Crippen LogP contribution in [-0.4, -0.2) is 19.2 Å².